The third kappa shape index (κ3) is 4.55. The van der Waals surface area contributed by atoms with Crippen LogP contribution < -0.4 is 15.8 Å². The van der Waals surface area contributed by atoms with E-state index in [1.807, 2.05) is 6.26 Å². The fourth-order valence-electron chi connectivity index (χ4n) is 1.62. The van der Waals surface area contributed by atoms with Crippen LogP contribution >= 0.6 is 11.8 Å². The monoisotopic (exact) mass is 319 g/mol. The van der Waals surface area contributed by atoms with Crippen LogP contribution in [0.25, 0.3) is 0 Å². The Hall–Kier alpha value is -0.960. The van der Waals surface area contributed by atoms with E-state index in [1.54, 1.807) is 6.92 Å². The van der Waals surface area contributed by atoms with Crippen LogP contribution in [-0.4, -0.2) is 44.7 Å². The number of rotatable bonds is 7. The van der Waals surface area contributed by atoms with Crippen molar-refractivity contribution < 1.29 is 13.5 Å². The van der Waals surface area contributed by atoms with Crippen molar-refractivity contribution >= 4 is 33.2 Å². The molecule has 6 nitrogen and oxygen atoms in total. The van der Waals surface area contributed by atoms with Gasteiger partial charge in [-0.3, -0.25) is 0 Å². The molecule has 0 saturated heterocycles. The van der Waals surface area contributed by atoms with Crippen LogP contribution in [0.3, 0.4) is 0 Å². The molecule has 0 saturated carbocycles. The molecule has 0 amide bonds. The van der Waals surface area contributed by atoms with Crippen molar-refractivity contribution in [1.29, 1.82) is 0 Å². The van der Waals surface area contributed by atoms with Crippen molar-refractivity contribution in [3.63, 3.8) is 0 Å². The summed E-state index contributed by atoms with van der Waals surface area (Å²) in [6.07, 6.45) is 1.91. The van der Waals surface area contributed by atoms with Gasteiger partial charge in [0, 0.05) is 12.3 Å². The van der Waals surface area contributed by atoms with Gasteiger partial charge in [-0.1, -0.05) is 0 Å². The molecule has 5 N–H and O–H groups in total. The van der Waals surface area contributed by atoms with E-state index >= 15 is 0 Å². The molecule has 1 aromatic carbocycles. The average molecular weight is 319 g/mol. The molecule has 0 bridgehead atoms. The fraction of sp³-hybridized carbons (Fsp3) is 0.500. The number of thioether (sulfide) groups is 1. The van der Waals surface area contributed by atoms with Crippen molar-refractivity contribution in [2.24, 2.45) is 0 Å². The fourth-order valence-corrected chi connectivity index (χ4v) is 3.10. The highest BCUT2D eigenvalue weighted by Gasteiger charge is 2.20. The summed E-state index contributed by atoms with van der Waals surface area (Å²) in [5.41, 5.74) is 5.83. The van der Waals surface area contributed by atoms with Gasteiger partial charge in [0.15, 0.2) is 0 Å². The summed E-state index contributed by atoms with van der Waals surface area (Å²) in [5, 5.41) is 13.1. The number of hydrogen-bond acceptors (Lipinski definition) is 6. The minimum Gasteiger partial charge on any atom is -0.397 e. The largest absolute Gasteiger partial charge is 0.397 e. The molecule has 114 valence electrons. The lowest BCUT2D eigenvalue weighted by Gasteiger charge is -2.23. The highest BCUT2D eigenvalue weighted by atomic mass is 32.2. The predicted molar refractivity (Wildman–Crippen MR) is 84.6 cm³/mol. The van der Waals surface area contributed by atoms with Crippen LogP contribution in [0.1, 0.15) is 6.92 Å². The van der Waals surface area contributed by atoms with Gasteiger partial charge in [-0.25, -0.2) is 13.1 Å². The van der Waals surface area contributed by atoms with Crippen molar-refractivity contribution in [2.45, 2.75) is 17.4 Å². The molecular formula is C12H21N3O3S2. The lowest BCUT2D eigenvalue weighted by atomic mass is 10.1. The Kier molecular flexibility index (Phi) is 5.69. The van der Waals surface area contributed by atoms with E-state index in [9.17, 15) is 13.5 Å². The van der Waals surface area contributed by atoms with Gasteiger partial charge >= 0.3 is 0 Å². The van der Waals surface area contributed by atoms with Crippen molar-refractivity contribution in [1.82, 2.24) is 4.72 Å². The molecule has 0 aliphatic carbocycles. The van der Waals surface area contributed by atoms with E-state index in [1.165, 1.54) is 37.0 Å². The van der Waals surface area contributed by atoms with Crippen molar-refractivity contribution in [3.8, 4) is 0 Å². The van der Waals surface area contributed by atoms with Crippen LogP contribution in [0.5, 0.6) is 0 Å². The summed E-state index contributed by atoms with van der Waals surface area (Å²) in [7, 11) is -2.16. The standard InChI is InChI=1S/C12H21N3O3S2/c1-12(16,8-19-3)7-15-11-6-9(4-5-10(11)13)20(17,18)14-2/h4-6,14-16H,7-8,13H2,1-3H3. The number of nitrogen functional groups attached to an aromatic ring is 1. The number of benzene rings is 1. The molecule has 1 rings (SSSR count). The van der Waals surface area contributed by atoms with E-state index in [2.05, 4.69) is 10.0 Å². The average Bonchev–Trinajstić information content (AvgIpc) is 2.37. The van der Waals surface area contributed by atoms with Crippen LogP contribution in [0.15, 0.2) is 23.1 Å². The summed E-state index contributed by atoms with van der Waals surface area (Å²) in [5.74, 6) is 0.564. The Bertz CT molecular complexity index is 559. The number of hydrogen-bond donors (Lipinski definition) is 4. The highest BCUT2D eigenvalue weighted by Crippen LogP contribution is 2.23. The van der Waals surface area contributed by atoms with E-state index in [-0.39, 0.29) is 11.4 Å². The summed E-state index contributed by atoms with van der Waals surface area (Å²) >= 11 is 1.53. The molecule has 1 atom stereocenters. The van der Waals surface area contributed by atoms with Crippen LogP contribution in [0.2, 0.25) is 0 Å². The first-order chi connectivity index (χ1) is 9.22. The molecule has 20 heavy (non-hydrogen) atoms. The molecule has 1 unspecified atom stereocenters. The van der Waals surface area contributed by atoms with E-state index in [0.29, 0.717) is 17.1 Å². The van der Waals surface area contributed by atoms with Crippen molar-refractivity contribution in [3.05, 3.63) is 18.2 Å². The Labute approximate surface area is 124 Å². The zero-order chi connectivity index (χ0) is 15.4. The second-order valence-electron chi connectivity index (χ2n) is 4.74. The number of aliphatic hydroxyl groups is 1. The first-order valence-corrected chi connectivity index (χ1v) is 8.88. The van der Waals surface area contributed by atoms with Gasteiger partial charge in [-0.15, -0.1) is 0 Å². The molecular weight excluding hydrogens is 298 g/mol. The molecule has 0 heterocycles. The first-order valence-electron chi connectivity index (χ1n) is 6.00. The number of sulfonamides is 1. The second kappa shape index (κ2) is 6.66. The molecule has 0 radical (unpaired) electrons. The van der Waals surface area contributed by atoms with Gasteiger partial charge in [0.05, 0.1) is 21.9 Å². The quantitative estimate of drug-likeness (QED) is 0.552. The Morgan fingerprint density at radius 3 is 2.65 bits per heavy atom. The van der Waals surface area contributed by atoms with Gasteiger partial charge in [0.1, 0.15) is 0 Å². The van der Waals surface area contributed by atoms with E-state index in [4.69, 9.17) is 5.73 Å². The molecule has 0 aliphatic rings. The Balaban J connectivity index is 2.93. The lowest BCUT2D eigenvalue weighted by Crippen LogP contribution is -2.36. The summed E-state index contributed by atoms with van der Waals surface area (Å²) < 4.78 is 25.7. The third-order valence-corrected chi connectivity index (χ3v) is 5.04. The van der Waals surface area contributed by atoms with E-state index in [0.717, 1.165) is 0 Å². The van der Waals surface area contributed by atoms with Crippen LogP contribution in [0, 0.1) is 0 Å². The molecule has 0 aromatic heterocycles. The van der Waals surface area contributed by atoms with Gasteiger partial charge in [-0.2, -0.15) is 11.8 Å². The topological polar surface area (TPSA) is 104 Å². The zero-order valence-electron chi connectivity index (χ0n) is 11.8. The smallest absolute Gasteiger partial charge is 0.240 e. The molecule has 8 heteroatoms. The van der Waals surface area contributed by atoms with E-state index < -0.39 is 15.6 Å². The second-order valence-corrected chi connectivity index (χ2v) is 7.49. The highest BCUT2D eigenvalue weighted by molar-refractivity contribution is 7.98. The third-order valence-electron chi connectivity index (χ3n) is 2.72. The zero-order valence-corrected chi connectivity index (χ0v) is 13.4. The Morgan fingerprint density at radius 1 is 1.45 bits per heavy atom. The molecule has 0 spiro atoms. The summed E-state index contributed by atoms with van der Waals surface area (Å²) in [6.45, 7) is 1.99. The summed E-state index contributed by atoms with van der Waals surface area (Å²) in [6, 6.07) is 4.42. The van der Waals surface area contributed by atoms with Crippen LogP contribution in [0.4, 0.5) is 11.4 Å². The maximum absolute atomic E-state index is 11.7. The maximum atomic E-state index is 11.7. The SMILES string of the molecule is CNS(=O)(=O)c1ccc(N)c(NCC(C)(O)CSC)c1. The molecule has 0 fully saturated rings. The molecule has 1 aromatic rings. The first kappa shape index (κ1) is 17.1. The number of anilines is 2. The van der Waals surface area contributed by atoms with Gasteiger partial charge in [-0.05, 0) is 38.4 Å². The van der Waals surface area contributed by atoms with Crippen molar-refractivity contribution in [2.75, 3.05) is 36.7 Å². The number of nitrogens with one attached hydrogen (secondary N) is 2. The predicted octanol–water partition coefficient (Wildman–Crippen LogP) is 0.703. The summed E-state index contributed by atoms with van der Waals surface area (Å²) in [4.78, 5) is 0.126. The maximum Gasteiger partial charge on any atom is 0.240 e. The lowest BCUT2D eigenvalue weighted by molar-refractivity contribution is 0.0997. The Morgan fingerprint density at radius 2 is 2.10 bits per heavy atom. The normalized spacial score (nSPS) is 14.8. The minimum absolute atomic E-state index is 0.126. The number of nitrogens with two attached hydrogens (primary N) is 1. The van der Waals surface area contributed by atoms with Gasteiger partial charge in [0.2, 0.25) is 10.0 Å². The van der Waals surface area contributed by atoms with Gasteiger partial charge < -0.3 is 16.2 Å². The minimum atomic E-state index is -3.51. The molecule has 0 aliphatic heterocycles. The van der Waals surface area contributed by atoms with Gasteiger partial charge in [0.25, 0.3) is 0 Å². The van der Waals surface area contributed by atoms with Crippen LogP contribution in [-0.2, 0) is 10.0 Å².